The fourth-order valence-corrected chi connectivity index (χ4v) is 3.50. The molecule has 0 saturated carbocycles. The molecule has 0 spiro atoms. The molecule has 0 aromatic heterocycles. The fraction of sp³-hybridized carbons (Fsp3) is 0.125. The van der Waals surface area contributed by atoms with Crippen molar-refractivity contribution < 1.29 is 19.1 Å². The van der Waals surface area contributed by atoms with Crippen molar-refractivity contribution in [2.24, 2.45) is 0 Å². The highest BCUT2D eigenvalue weighted by atomic mass is 35.5. The fourth-order valence-electron chi connectivity index (χ4n) is 2.70. The molecule has 0 saturated heterocycles. The second kappa shape index (κ2) is 11.8. The number of para-hydroxylation sites is 2. The van der Waals surface area contributed by atoms with Crippen molar-refractivity contribution in [3.63, 3.8) is 0 Å². The van der Waals surface area contributed by atoms with Crippen LogP contribution in [0.15, 0.2) is 77.7 Å². The van der Waals surface area contributed by atoms with Crippen LogP contribution in [0.4, 0.5) is 5.69 Å². The summed E-state index contributed by atoms with van der Waals surface area (Å²) >= 11 is 7.20. The van der Waals surface area contributed by atoms with Crippen LogP contribution in [0, 0.1) is 11.3 Å². The molecule has 0 heterocycles. The number of halogens is 1. The Kier molecular flexibility index (Phi) is 8.55. The Morgan fingerprint density at radius 2 is 1.72 bits per heavy atom. The molecule has 0 aliphatic heterocycles. The van der Waals surface area contributed by atoms with Gasteiger partial charge < -0.3 is 14.8 Å². The Bertz CT molecular complexity index is 1130. The summed E-state index contributed by atoms with van der Waals surface area (Å²) < 4.78 is 11.0. The van der Waals surface area contributed by atoms with Crippen molar-refractivity contribution in [3.8, 4) is 11.8 Å². The Labute approximate surface area is 195 Å². The minimum absolute atomic E-state index is 0.222. The van der Waals surface area contributed by atoms with Crippen LogP contribution in [0.25, 0.3) is 0 Å². The lowest BCUT2D eigenvalue weighted by Crippen LogP contribution is -2.21. The van der Waals surface area contributed by atoms with Gasteiger partial charge in [0, 0.05) is 9.92 Å². The number of esters is 1. The van der Waals surface area contributed by atoms with Gasteiger partial charge in [0.05, 0.1) is 17.5 Å². The van der Waals surface area contributed by atoms with Crippen LogP contribution in [0.1, 0.15) is 15.9 Å². The lowest BCUT2D eigenvalue weighted by molar-refractivity contribution is -0.119. The average molecular weight is 467 g/mol. The van der Waals surface area contributed by atoms with Crippen LogP contribution in [-0.2, 0) is 16.1 Å². The number of amides is 1. The molecular formula is C24H19ClN2O4S. The van der Waals surface area contributed by atoms with E-state index in [1.54, 1.807) is 54.6 Å². The first-order valence-electron chi connectivity index (χ1n) is 9.59. The molecule has 1 N–H and O–H groups in total. The largest absolute Gasteiger partial charge is 0.488 e. The van der Waals surface area contributed by atoms with Crippen LogP contribution in [0.2, 0.25) is 5.02 Å². The van der Waals surface area contributed by atoms with Crippen LogP contribution in [0.3, 0.4) is 0 Å². The smallest absolute Gasteiger partial charge is 0.342 e. The Balaban J connectivity index is 1.58. The number of rotatable bonds is 9. The second-order valence-electron chi connectivity index (χ2n) is 6.48. The summed E-state index contributed by atoms with van der Waals surface area (Å²) in [7, 11) is 0. The quantitative estimate of drug-likeness (QED) is 0.338. The van der Waals surface area contributed by atoms with E-state index in [-0.39, 0.29) is 17.9 Å². The summed E-state index contributed by atoms with van der Waals surface area (Å²) in [6.07, 6.45) is 0. The minimum Gasteiger partial charge on any atom is -0.488 e. The van der Waals surface area contributed by atoms with Crippen LogP contribution < -0.4 is 10.1 Å². The van der Waals surface area contributed by atoms with E-state index >= 15 is 0 Å². The van der Waals surface area contributed by atoms with Crippen molar-refractivity contribution in [1.82, 2.24) is 0 Å². The van der Waals surface area contributed by atoms with Gasteiger partial charge in [-0.15, -0.1) is 11.8 Å². The van der Waals surface area contributed by atoms with Gasteiger partial charge in [0.1, 0.15) is 17.9 Å². The molecule has 0 fully saturated rings. The van der Waals surface area contributed by atoms with E-state index < -0.39 is 18.5 Å². The number of anilines is 1. The number of benzene rings is 3. The first-order valence-corrected chi connectivity index (χ1v) is 10.9. The van der Waals surface area contributed by atoms with Crippen LogP contribution in [-0.4, -0.2) is 24.2 Å². The molecular weight excluding hydrogens is 448 g/mol. The van der Waals surface area contributed by atoms with Gasteiger partial charge in [-0.2, -0.15) is 5.26 Å². The van der Waals surface area contributed by atoms with Crippen molar-refractivity contribution in [2.75, 3.05) is 17.7 Å². The highest BCUT2D eigenvalue weighted by Crippen LogP contribution is 2.26. The summed E-state index contributed by atoms with van der Waals surface area (Å²) in [4.78, 5) is 25.6. The summed E-state index contributed by atoms with van der Waals surface area (Å²) in [5.41, 5.74) is 1.67. The van der Waals surface area contributed by atoms with Gasteiger partial charge in [-0.1, -0.05) is 48.0 Å². The molecule has 3 aromatic rings. The summed E-state index contributed by atoms with van der Waals surface area (Å²) in [6.45, 7) is -0.208. The Morgan fingerprint density at radius 3 is 2.50 bits per heavy atom. The van der Waals surface area contributed by atoms with E-state index in [1.807, 2.05) is 24.3 Å². The third kappa shape index (κ3) is 6.77. The van der Waals surface area contributed by atoms with Crippen molar-refractivity contribution in [2.45, 2.75) is 11.5 Å². The SMILES string of the molecule is N#CCSc1ccccc1NC(=O)COC(=O)c1ccccc1OCc1ccc(Cl)cc1. The molecule has 0 aliphatic rings. The number of hydrogen-bond donors (Lipinski definition) is 1. The molecule has 0 bridgehead atoms. The third-order valence-corrected chi connectivity index (χ3v) is 5.39. The maximum atomic E-state index is 12.5. The summed E-state index contributed by atoms with van der Waals surface area (Å²) in [5, 5.41) is 12.1. The van der Waals surface area contributed by atoms with Gasteiger partial charge in [0.25, 0.3) is 5.91 Å². The molecule has 0 unspecified atom stereocenters. The predicted molar refractivity (Wildman–Crippen MR) is 124 cm³/mol. The molecule has 6 nitrogen and oxygen atoms in total. The number of thioether (sulfide) groups is 1. The number of nitrogens with zero attached hydrogens (tertiary/aromatic N) is 1. The third-order valence-electron chi connectivity index (χ3n) is 4.20. The predicted octanol–water partition coefficient (Wildman–Crippen LogP) is 5.33. The van der Waals surface area contributed by atoms with Gasteiger partial charge in [0.2, 0.25) is 0 Å². The monoisotopic (exact) mass is 466 g/mol. The number of carbonyl (C=O) groups is 2. The van der Waals surface area contributed by atoms with E-state index in [1.165, 1.54) is 11.8 Å². The molecule has 0 aliphatic carbocycles. The van der Waals surface area contributed by atoms with Gasteiger partial charge >= 0.3 is 5.97 Å². The molecule has 0 atom stereocenters. The van der Waals surface area contributed by atoms with Crippen molar-refractivity contribution >= 4 is 40.9 Å². The lowest BCUT2D eigenvalue weighted by atomic mass is 10.2. The molecule has 1 amide bonds. The number of carbonyl (C=O) groups excluding carboxylic acids is 2. The molecule has 8 heteroatoms. The minimum atomic E-state index is -0.668. The first kappa shape index (κ1) is 23.2. The van der Waals surface area contributed by atoms with Crippen molar-refractivity contribution in [1.29, 1.82) is 5.26 Å². The average Bonchev–Trinajstić information content (AvgIpc) is 2.82. The van der Waals surface area contributed by atoms with E-state index in [4.69, 9.17) is 26.3 Å². The maximum Gasteiger partial charge on any atom is 0.342 e. The zero-order chi connectivity index (χ0) is 22.8. The van der Waals surface area contributed by atoms with Gasteiger partial charge in [-0.25, -0.2) is 4.79 Å². The molecule has 162 valence electrons. The number of nitrogens with one attached hydrogen (secondary N) is 1. The topological polar surface area (TPSA) is 88.4 Å². The number of hydrogen-bond acceptors (Lipinski definition) is 6. The molecule has 3 rings (SSSR count). The Morgan fingerprint density at radius 1 is 1.00 bits per heavy atom. The van der Waals surface area contributed by atoms with Crippen molar-refractivity contribution in [3.05, 3.63) is 88.9 Å². The second-order valence-corrected chi connectivity index (χ2v) is 7.93. The first-order chi connectivity index (χ1) is 15.6. The zero-order valence-corrected chi connectivity index (χ0v) is 18.5. The highest BCUT2D eigenvalue weighted by molar-refractivity contribution is 7.99. The summed E-state index contributed by atoms with van der Waals surface area (Å²) in [6, 6.07) is 23.0. The van der Waals surface area contributed by atoms with E-state index in [2.05, 4.69) is 5.32 Å². The van der Waals surface area contributed by atoms with E-state index in [9.17, 15) is 9.59 Å². The number of nitriles is 1. The van der Waals surface area contributed by atoms with Crippen LogP contribution >= 0.6 is 23.4 Å². The van der Waals surface area contributed by atoms with E-state index in [0.29, 0.717) is 16.5 Å². The lowest BCUT2D eigenvalue weighted by Gasteiger charge is -2.12. The van der Waals surface area contributed by atoms with E-state index in [0.717, 1.165) is 10.5 Å². The summed E-state index contributed by atoms with van der Waals surface area (Å²) in [5.74, 6) is -0.540. The molecule has 3 aromatic carbocycles. The molecule has 0 radical (unpaired) electrons. The normalized spacial score (nSPS) is 10.1. The maximum absolute atomic E-state index is 12.5. The van der Waals surface area contributed by atoms with Gasteiger partial charge in [-0.3, -0.25) is 4.79 Å². The standard InChI is InChI=1S/C24H19ClN2O4S/c25-18-11-9-17(10-12-18)15-30-21-7-3-1-5-19(21)24(29)31-16-23(28)27-20-6-2-4-8-22(20)32-14-13-26/h1-12H,14-16H2,(H,27,28). The zero-order valence-electron chi connectivity index (χ0n) is 16.9. The van der Waals surface area contributed by atoms with Crippen LogP contribution in [0.5, 0.6) is 5.75 Å². The number of ether oxygens (including phenoxy) is 2. The Hall–Kier alpha value is -3.47. The van der Waals surface area contributed by atoms with Gasteiger partial charge in [-0.05, 0) is 42.0 Å². The highest BCUT2D eigenvalue weighted by Gasteiger charge is 2.16. The van der Waals surface area contributed by atoms with Gasteiger partial charge in [0.15, 0.2) is 6.61 Å². The molecule has 32 heavy (non-hydrogen) atoms.